The van der Waals surface area contributed by atoms with Gasteiger partial charge in [-0.15, -0.1) is 0 Å². The smallest absolute Gasteiger partial charge is 0.243 e. The summed E-state index contributed by atoms with van der Waals surface area (Å²) >= 11 is 0. The maximum Gasteiger partial charge on any atom is 0.243 e. The molecule has 0 aromatic heterocycles. The molecule has 5 heteroatoms. The van der Waals surface area contributed by atoms with Crippen molar-refractivity contribution >= 4 is 10.0 Å². The molecule has 122 valence electrons. The van der Waals surface area contributed by atoms with Crippen LogP contribution < -0.4 is 0 Å². The van der Waals surface area contributed by atoms with Gasteiger partial charge in [0.05, 0.1) is 11.5 Å². The summed E-state index contributed by atoms with van der Waals surface area (Å²) in [5, 5.41) is 0. The Hall–Kier alpha value is -1.69. The van der Waals surface area contributed by atoms with Gasteiger partial charge in [0.2, 0.25) is 10.0 Å². The van der Waals surface area contributed by atoms with Gasteiger partial charge < -0.3 is 4.74 Å². The van der Waals surface area contributed by atoms with Crippen molar-refractivity contribution in [2.24, 2.45) is 0 Å². The monoisotopic (exact) mass is 331 g/mol. The molecule has 1 atom stereocenters. The van der Waals surface area contributed by atoms with Gasteiger partial charge in [-0.2, -0.15) is 4.31 Å². The quantitative estimate of drug-likeness (QED) is 0.845. The zero-order valence-corrected chi connectivity index (χ0v) is 14.0. The van der Waals surface area contributed by atoms with Crippen LogP contribution in [-0.4, -0.2) is 39.0 Å². The first-order valence-electron chi connectivity index (χ1n) is 7.79. The third-order valence-electron chi connectivity index (χ3n) is 4.25. The summed E-state index contributed by atoms with van der Waals surface area (Å²) in [6.45, 7) is 1.01. The molecule has 4 nitrogen and oxygen atoms in total. The Kier molecular flexibility index (Phi) is 4.80. The summed E-state index contributed by atoms with van der Waals surface area (Å²) in [6.07, 6.45) is 1.74. The fourth-order valence-corrected chi connectivity index (χ4v) is 4.75. The van der Waals surface area contributed by atoms with Crippen LogP contribution in [0.5, 0.6) is 0 Å². The van der Waals surface area contributed by atoms with Crippen LogP contribution in [0, 0.1) is 0 Å². The standard InChI is InChI=1S/C18H21NO3S/c1-22-14-17-8-5-13-19(17)23(20,21)18-11-9-16(10-12-18)15-6-3-2-4-7-15/h2-4,6-7,9-12,17H,5,8,13-14H2,1H3. The van der Waals surface area contributed by atoms with Crippen LogP contribution in [0.1, 0.15) is 12.8 Å². The molecule has 1 unspecified atom stereocenters. The molecule has 0 saturated carbocycles. The van der Waals surface area contributed by atoms with Crippen molar-refractivity contribution in [3.63, 3.8) is 0 Å². The average molecular weight is 331 g/mol. The zero-order chi connectivity index (χ0) is 16.3. The van der Waals surface area contributed by atoms with Gasteiger partial charge in [-0.25, -0.2) is 8.42 Å². The lowest BCUT2D eigenvalue weighted by atomic mass is 10.1. The fourth-order valence-electron chi connectivity index (χ4n) is 3.07. The van der Waals surface area contributed by atoms with Crippen LogP contribution in [-0.2, 0) is 14.8 Å². The van der Waals surface area contributed by atoms with E-state index in [1.54, 1.807) is 23.5 Å². The number of nitrogens with zero attached hydrogens (tertiary/aromatic N) is 1. The van der Waals surface area contributed by atoms with E-state index in [-0.39, 0.29) is 6.04 Å². The first-order valence-corrected chi connectivity index (χ1v) is 9.23. The van der Waals surface area contributed by atoms with Crippen LogP contribution in [0.25, 0.3) is 11.1 Å². The summed E-state index contributed by atoms with van der Waals surface area (Å²) in [4.78, 5) is 0.347. The Morgan fingerprint density at radius 2 is 1.70 bits per heavy atom. The molecule has 0 aliphatic carbocycles. The van der Waals surface area contributed by atoms with Gasteiger partial charge in [-0.1, -0.05) is 42.5 Å². The summed E-state index contributed by atoms with van der Waals surface area (Å²) in [5.41, 5.74) is 2.09. The van der Waals surface area contributed by atoms with Crippen molar-refractivity contribution in [3.05, 3.63) is 54.6 Å². The molecule has 1 saturated heterocycles. The van der Waals surface area contributed by atoms with Gasteiger partial charge in [0.15, 0.2) is 0 Å². The molecule has 0 radical (unpaired) electrons. The number of hydrogen-bond acceptors (Lipinski definition) is 3. The van der Waals surface area contributed by atoms with E-state index in [0.717, 1.165) is 24.0 Å². The van der Waals surface area contributed by atoms with Gasteiger partial charge in [0, 0.05) is 19.7 Å². The number of methoxy groups -OCH3 is 1. The summed E-state index contributed by atoms with van der Waals surface area (Å²) in [6, 6.07) is 17.0. The molecule has 0 spiro atoms. The fraction of sp³-hybridized carbons (Fsp3) is 0.333. The lowest BCUT2D eigenvalue weighted by Gasteiger charge is -2.23. The molecular formula is C18H21NO3S. The molecule has 1 fully saturated rings. The van der Waals surface area contributed by atoms with E-state index in [1.165, 1.54) is 0 Å². The van der Waals surface area contributed by atoms with E-state index >= 15 is 0 Å². The lowest BCUT2D eigenvalue weighted by Crippen LogP contribution is -2.38. The first-order chi connectivity index (χ1) is 11.1. The maximum absolute atomic E-state index is 12.8. The van der Waals surface area contributed by atoms with Crippen molar-refractivity contribution < 1.29 is 13.2 Å². The molecule has 2 aromatic carbocycles. The second-order valence-electron chi connectivity index (χ2n) is 5.76. The van der Waals surface area contributed by atoms with Crippen LogP contribution >= 0.6 is 0 Å². The van der Waals surface area contributed by atoms with Crippen molar-refractivity contribution in [1.82, 2.24) is 4.31 Å². The Bertz CT molecular complexity index is 742. The van der Waals surface area contributed by atoms with E-state index in [9.17, 15) is 8.42 Å². The topological polar surface area (TPSA) is 46.6 Å². The minimum atomic E-state index is -3.46. The Labute approximate surface area is 137 Å². The second-order valence-corrected chi connectivity index (χ2v) is 7.65. The normalized spacial score (nSPS) is 19.1. The largest absolute Gasteiger partial charge is 0.383 e. The van der Waals surface area contributed by atoms with E-state index in [0.29, 0.717) is 18.0 Å². The highest BCUT2D eigenvalue weighted by Gasteiger charge is 2.35. The first kappa shape index (κ1) is 16.2. The number of ether oxygens (including phenoxy) is 1. The van der Waals surface area contributed by atoms with Crippen molar-refractivity contribution in [1.29, 1.82) is 0 Å². The Morgan fingerprint density at radius 3 is 2.35 bits per heavy atom. The highest BCUT2D eigenvalue weighted by atomic mass is 32.2. The Morgan fingerprint density at radius 1 is 1.04 bits per heavy atom. The van der Waals surface area contributed by atoms with Gasteiger partial charge >= 0.3 is 0 Å². The molecule has 0 amide bonds. The third-order valence-corrected chi connectivity index (χ3v) is 6.22. The maximum atomic E-state index is 12.8. The van der Waals surface area contributed by atoms with Crippen LogP contribution in [0.15, 0.2) is 59.5 Å². The number of benzene rings is 2. The van der Waals surface area contributed by atoms with Gasteiger partial charge in [-0.3, -0.25) is 0 Å². The number of rotatable bonds is 5. The molecule has 3 rings (SSSR count). The van der Waals surface area contributed by atoms with E-state index in [2.05, 4.69) is 0 Å². The molecule has 0 bridgehead atoms. The van der Waals surface area contributed by atoms with E-state index < -0.39 is 10.0 Å². The number of sulfonamides is 1. The van der Waals surface area contributed by atoms with E-state index in [4.69, 9.17) is 4.74 Å². The summed E-state index contributed by atoms with van der Waals surface area (Å²) < 4.78 is 32.4. The predicted octanol–water partition coefficient (Wildman–Crippen LogP) is 3.15. The minimum Gasteiger partial charge on any atom is -0.383 e. The van der Waals surface area contributed by atoms with Crippen molar-refractivity contribution in [2.45, 2.75) is 23.8 Å². The molecule has 2 aromatic rings. The lowest BCUT2D eigenvalue weighted by molar-refractivity contribution is 0.149. The van der Waals surface area contributed by atoms with Gasteiger partial charge in [0.25, 0.3) is 0 Å². The average Bonchev–Trinajstić information content (AvgIpc) is 3.05. The highest BCUT2D eigenvalue weighted by molar-refractivity contribution is 7.89. The minimum absolute atomic E-state index is 0.0567. The van der Waals surface area contributed by atoms with Crippen LogP contribution in [0.3, 0.4) is 0 Å². The second kappa shape index (κ2) is 6.83. The molecular weight excluding hydrogens is 310 g/mol. The van der Waals surface area contributed by atoms with Crippen LogP contribution in [0.4, 0.5) is 0 Å². The van der Waals surface area contributed by atoms with Crippen molar-refractivity contribution in [3.8, 4) is 11.1 Å². The van der Waals surface area contributed by atoms with Gasteiger partial charge in [0.1, 0.15) is 0 Å². The molecule has 0 N–H and O–H groups in total. The van der Waals surface area contributed by atoms with Gasteiger partial charge in [-0.05, 0) is 36.1 Å². The SMILES string of the molecule is COCC1CCCN1S(=O)(=O)c1ccc(-c2ccccc2)cc1. The highest BCUT2D eigenvalue weighted by Crippen LogP contribution is 2.28. The molecule has 23 heavy (non-hydrogen) atoms. The molecule has 1 aliphatic heterocycles. The molecule has 1 aliphatic rings. The number of hydrogen-bond donors (Lipinski definition) is 0. The molecule has 1 heterocycles. The third kappa shape index (κ3) is 3.32. The van der Waals surface area contributed by atoms with Crippen molar-refractivity contribution in [2.75, 3.05) is 20.3 Å². The van der Waals surface area contributed by atoms with E-state index in [1.807, 2.05) is 42.5 Å². The summed E-state index contributed by atoms with van der Waals surface area (Å²) in [5.74, 6) is 0. The van der Waals surface area contributed by atoms with Crippen LogP contribution in [0.2, 0.25) is 0 Å². The summed E-state index contributed by atoms with van der Waals surface area (Å²) in [7, 11) is -1.85. The zero-order valence-electron chi connectivity index (χ0n) is 13.2. The Balaban J connectivity index is 1.86. The predicted molar refractivity (Wildman–Crippen MR) is 90.7 cm³/mol.